The third-order valence-electron chi connectivity index (χ3n) is 5.65. The summed E-state index contributed by atoms with van der Waals surface area (Å²) in [6, 6.07) is 5.89. The van der Waals surface area contributed by atoms with Crippen molar-refractivity contribution in [1.82, 2.24) is 9.88 Å². The van der Waals surface area contributed by atoms with Gasteiger partial charge in [-0.25, -0.2) is 4.98 Å². The first-order valence-corrected chi connectivity index (χ1v) is 9.53. The fourth-order valence-electron chi connectivity index (χ4n) is 4.51. The van der Waals surface area contributed by atoms with Gasteiger partial charge in [0.15, 0.2) is 5.13 Å². The first kappa shape index (κ1) is 15.7. The van der Waals surface area contributed by atoms with E-state index in [4.69, 9.17) is 0 Å². The van der Waals surface area contributed by atoms with Gasteiger partial charge in [-0.1, -0.05) is 29.6 Å². The second-order valence-corrected chi connectivity index (χ2v) is 8.33. The number of imide groups is 1. The molecule has 2 aromatic rings. The molecule has 132 valence electrons. The van der Waals surface area contributed by atoms with Crippen LogP contribution < -0.4 is 5.32 Å². The lowest BCUT2D eigenvalue weighted by Crippen LogP contribution is -2.39. The van der Waals surface area contributed by atoms with Crippen molar-refractivity contribution in [2.45, 2.75) is 13.3 Å². The third kappa shape index (κ3) is 2.23. The van der Waals surface area contributed by atoms with Gasteiger partial charge in [0.25, 0.3) is 0 Å². The highest BCUT2D eigenvalue weighted by Crippen LogP contribution is 2.52. The van der Waals surface area contributed by atoms with Crippen LogP contribution in [0.15, 0.2) is 30.4 Å². The average molecular weight is 367 g/mol. The van der Waals surface area contributed by atoms with Gasteiger partial charge in [0.1, 0.15) is 6.54 Å². The average Bonchev–Trinajstić information content (AvgIpc) is 3.34. The van der Waals surface area contributed by atoms with Crippen LogP contribution in [0.25, 0.3) is 10.2 Å². The van der Waals surface area contributed by atoms with Crippen molar-refractivity contribution in [2.75, 3.05) is 11.9 Å². The maximum absolute atomic E-state index is 12.6. The fourth-order valence-corrected chi connectivity index (χ4v) is 5.49. The summed E-state index contributed by atoms with van der Waals surface area (Å²) in [7, 11) is 0. The molecule has 0 spiro atoms. The summed E-state index contributed by atoms with van der Waals surface area (Å²) in [5.41, 5.74) is 1.95. The molecule has 1 N–H and O–H groups in total. The zero-order valence-corrected chi connectivity index (χ0v) is 15.0. The minimum atomic E-state index is -0.386. The number of anilines is 1. The third-order valence-corrected chi connectivity index (χ3v) is 6.59. The van der Waals surface area contributed by atoms with E-state index in [2.05, 4.69) is 10.3 Å². The Hall–Kier alpha value is -2.54. The van der Waals surface area contributed by atoms with Gasteiger partial charge in [0.2, 0.25) is 17.7 Å². The Labute approximate surface area is 153 Å². The number of likely N-dealkylation sites (tertiary alicyclic amines) is 1. The lowest BCUT2D eigenvalue weighted by Gasteiger charge is -2.16. The number of fused-ring (bicyclic) bond motifs is 6. The SMILES string of the molecule is Cc1ccc2nc(NC(=O)CN3C(=O)[C@@H]4[C@H](C3=O)[C@H]3C=C[C@H]4C3)sc2c1. The van der Waals surface area contributed by atoms with E-state index in [0.717, 1.165) is 27.1 Å². The van der Waals surface area contributed by atoms with E-state index >= 15 is 0 Å². The lowest BCUT2D eigenvalue weighted by atomic mass is 9.85. The zero-order chi connectivity index (χ0) is 18.0. The summed E-state index contributed by atoms with van der Waals surface area (Å²) in [5, 5.41) is 3.21. The van der Waals surface area contributed by atoms with Gasteiger partial charge in [-0.15, -0.1) is 0 Å². The summed E-state index contributed by atoms with van der Waals surface area (Å²) < 4.78 is 0.991. The number of benzene rings is 1. The molecule has 1 aliphatic heterocycles. The molecule has 2 aliphatic carbocycles. The van der Waals surface area contributed by atoms with E-state index in [1.54, 1.807) is 0 Å². The van der Waals surface area contributed by atoms with Gasteiger partial charge in [0, 0.05) is 0 Å². The molecule has 1 aromatic carbocycles. The minimum Gasteiger partial charge on any atom is -0.300 e. The molecule has 2 fully saturated rings. The van der Waals surface area contributed by atoms with Gasteiger partial charge in [-0.3, -0.25) is 19.3 Å². The number of aryl methyl sites for hydroxylation is 1. The van der Waals surface area contributed by atoms with E-state index in [1.807, 2.05) is 37.3 Å². The number of carbonyl (C=O) groups is 3. The molecule has 4 atom stereocenters. The van der Waals surface area contributed by atoms with E-state index < -0.39 is 0 Å². The number of carbonyl (C=O) groups excluding carboxylic acids is 3. The van der Waals surface area contributed by atoms with Gasteiger partial charge < -0.3 is 5.32 Å². The Balaban J connectivity index is 1.31. The zero-order valence-electron chi connectivity index (χ0n) is 14.1. The van der Waals surface area contributed by atoms with Crippen molar-refractivity contribution >= 4 is 44.4 Å². The second-order valence-electron chi connectivity index (χ2n) is 7.30. The maximum Gasteiger partial charge on any atom is 0.246 e. The molecule has 7 heteroatoms. The number of nitrogens with zero attached hydrogens (tertiary/aromatic N) is 2. The van der Waals surface area contributed by atoms with Crippen molar-refractivity contribution in [3.8, 4) is 0 Å². The molecule has 1 saturated carbocycles. The molecule has 1 aromatic heterocycles. The van der Waals surface area contributed by atoms with Gasteiger partial charge in [-0.2, -0.15) is 0 Å². The molecule has 2 bridgehead atoms. The van der Waals surface area contributed by atoms with Gasteiger partial charge in [0.05, 0.1) is 22.1 Å². The molecule has 6 nitrogen and oxygen atoms in total. The second kappa shape index (κ2) is 5.48. The number of nitrogens with one attached hydrogen (secondary N) is 1. The maximum atomic E-state index is 12.6. The lowest BCUT2D eigenvalue weighted by molar-refractivity contribution is -0.143. The Kier molecular flexibility index (Phi) is 3.31. The molecule has 3 aliphatic rings. The molecule has 3 amide bonds. The van der Waals surface area contributed by atoms with E-state index in [-0.39, 0.29) is 47.9 Å². The van der Waals surface area contributed by atoms with E-state index in [9.17, 15) is 14.4 Å². The predicted molar refractivity (Wildman–Crippen MR) is 97.4 cm³/mol. The number of thiazole rings is 1. The Bertz CT molecular complexity index is 965. The summed E-state index contributed by atoms with van der Waals surface area (Å²) in [6.07, 6.45) is 4.98. The van der Waals surface area contributed by atoms with Crippen molar-refractivity contribution in [3.63, 3.8) is 0 Å². The molecule has 0 unspecified atom stereocenters. The monoisotopic (exact) mass is 367 g/mol. The largest absolute Gasteiger partial charge is 0.300 e. The quantitative estimate of drug-likeness (QED) is 0.667. The van der Waals surface area contributed by atoms with Crippen LogP contribution in [0, 0.1) is 30.6 Å². The molecular weight excluding hydrogens is 350 g/mol. The van der Waals surface area contributed by atoms with Crippen LogP contribution in [0.1, 0.15) is 12.0 Å². The van der Waals surface area contributed by atoms with Crippen LogP contribution >= 0.6 is 11.3 Å². The molecule has 2 heterocycles. The first-order valence-electron chi connectivity index (χ1n) is 8.72. The summed E-state index contributed by atoms with van der Waals surface area (Å²) in [5.74, 6) is -1.02. The predicted octanol–water partition coefficient (Wildman–Crippen LogP) is 2.35. The smallest absolute Gasteiger partial charge is 0.246 e. The van der Waals surface area contributed by atoms with Gasteiger partial charge in [-0.05, 0) is 42.9 Å². The Morgan fingerprint density at radius 3 is 2.62 bits per heavy atom. The normalized spacial score (nSPS) is 29.0. The number of hydrogen-bond donors (Lipinski definition) is 1. The number of hydrogen-bond acceptors (Lipinski definition) is 5. The van der Waals surface area contributed by atoms with E-state index in [0.29, 0.717) is 5.13 Å². The van der Waals surface area contributed by atoms with Crippen LogP contribution in [0.2, 0.25) is 0 Å². The Morgan fingerprint density at radius 1 is 1.23 bits per heavy atom. The van der Waals surface area contributed by atoms with Crippen molar-refractivity contribution in [1.29, 1.82) is 0 Å². The number of amides is 3. The summed E-state index contributed by atoms with van der Waals surface area (Å²) in [4.78, 5) is 43.2. The highest BCUT2D eigenvalue weighted by Gasteiger charge is 2.59. The van der Waals surface area contributed by atoms with Crippen LogP contribution in [0.5, 0.6) is 0 Å². The number of rotatable bonds is 3. The van der Waals surface area contributed by atoms with Crippen LogP contribution in [-0.2, 0) is 14.4 Å². The summed E-state index contributed by atoms with van der Waals surface area (Å²) >= 11 is 1.39. The molecule has 0 radical (unpaired) electrons. The Morgan fingerprint density at radius 2 is 1.92 bits per heavy atom. The first-order chi connectivity index (χ1) is 12.5. The standard InChI is InChI=1S/C19H17N3O3S/c1-9-2-5-12-13(6-9)26-19(20-12)21-14(23)8-22-17(24)15-10-3-4-11(7-10)16(15)18(22)25/h2-6,10-11,15-16H,7-8H2,1H3,(H,20,21,23)/t10-,11-,15-,16+/m0/s1. The minimum absolute atomic E-state index is 0.155. The number of aromatic nitrogens is 1. The summed E-state index contributed by atoms with van der Waals surface area (Å²) in [6.45, 7) is 1.76. The fraction of sp³-hybridized carbons (Fsp3) is 0.368. The van der Waals surface area contributed by atoms with E-state index in [1.165, 1.54) is 11.3 Å². The van der Waals surface area contributed by atoms with Crippen LogP contribution in [0.3, 0.4) is 0 Å². The topological polar surface area (TPSA) is 79.4 Å². The molecule has 26 heavy (non-hydrogen) atoms. The highest BCUT2D eigenvalue weighted by molar-refractivity contribution is 7.22. The highest BCUT2D eigenvalue weighted by atomic mass is 32.1. The van der Waals surface area contributed by atoms with Crippen molar-refractivity contribution in [2.24, 2.45) is 23.7 Å². The van der Waals surface area contributed by atoms with Crippen LogP contribution in [0.4, 0.5) is 5.13 Å². The molecule has 5 rings (SSSR count). The van der Waals surface area contributed by atoms with Gasteiger partial charge >= 0.3 is 0 Å². The van der Waals surface area contributed by atoms with Crippen molar-refractivity contribution < 1.29 is 14.4 Å². The number of allylic oxidation sites excluding steroid dienone is 2. The molecule has 1 saturated heterocycles. The van der Waals surface area contributed by atoms with Crippen molar-refractivity contribution in [3.05, 3.63) is 35.9 Å². The molecular formula is C19H17N3O3S. The van der Waals surface area contributed by atoms with Crippen LogP contribution in [-0.4, -0.2) is 34.2 Å².